The number of carbonyl (C=O) groups is 1. The smallest absolute Gasteiger partial charge is 0.302 e. The van der Waals surface area contributed by atoms with Gasteiger partial charge in [-0.2, -0.15) is 0 Å². The minimum absolute atomic E-state index is 0.436. The molecule has 12 heteroatoms. The maximum absolute atomic E-state index is 10.9. The fourth-order valence-corrected chi connectivity index (χ4v) is 2.76. The summed E-state index contributed by atoms with van der Waals surface area (Å²) in [4.78, 5) is 10.9. The van der Waals surface area contributed by atoms with E-state index in [0.717, 1.165) is 6.92 Å². The Balaban J connectivity index is 2.10. The summed E-state index contributed by atoms with van der Waals surface area (Å²) in [6.07, 6.45) is -15.8. The minimum Gasteiger partial charge on any atom is -0.463 e. The second-order valence-electron chi connectivity index (χ2n) is 6.15. The Morgan fingerprint density at radius 1 is 0.885 bits per heavy atom. The third kappa shape index (κ3) is 4.48. The van der Waals surface area contributed by atoms with Gasteiger partial charge in [0.25, 0.3) is 0 Å². The van der Waals surface area contributed by atoms with E-state index in [4.69, 9.17) is 18.9 Å². The van der Waals surface area contributed by atoms with E-state index in [2.05, 4.69) is 0 Å². The Kier molecular flexibility index (Phi) is 7.27. The van der Waals surface area contributed by atoms with Crippen LogP contribution in [0.2, 0.25) is 0 Å². The Hall–Kier alpha value is -0.930. The monoisotopic (exact) mass is 384 g/mol. The highest BCUT2D eigenvalue weighted by Gasteiger charge is 2.50. The topological polar surface area (TPSA) is 196 Å². The van der Waals surface area contributed by atoms with E-state index in [1.165, 1.54) is 0 Å². The molecule has 0 aliphatic carbocycles. The molecule has 2 aliphatic heterocycles. The molecule has 10 atom stereocenters. The summed E-state index contributed by atoms with van der Waals surface area (Å²) >= 11 is 0. The van der Waals surface area contributed by atoms with Crippen LogP contribution in [-0.4, -0.2) is 116 Å². The highest BCUT2D eigenvalue weighted by molar-refractivity contribution is 5.65. The first-order valence-corrected chi connectivity index (χ1v) is 7.96. The number of ether oxygens (including phenoxy) is 4. The van der Waals surface area contributed by atoms with Crippen LogP contribution in [0.5, 0.6) is 0 Å². The van der Waals surface area contributed by atoms with Gasteiger partial charge in [0.2, 0.25) is 0 Å². The van der Waals surface area contributed by atoms with Gasteiger partial charge in [-0.3, -0.25) is 4.79 Å². The van der Waals surface area contributed by atoms with E-state index < -0.39 is 80.6 Å². The molecule has 0 spiro atoms. The third-order valence-corrected chi connectivity index (χ3v) is 4.25. The average molecular weight is 384 g/mol. The maximum Gasteiger partial charge on any atom is 0.302 e. The number of aliphatic hydroxyl groups is 7. The number of hydrogen-bond donors (Lipinski definition) is 7. The van der Waals surface area contributed by atoms with Crippen LogP contribution in [-0.2, 0) is 23.7 Å². The minimum atomic E-state index is -1.76. The molecular weight excluding hydrogens is 360 g/mol. The van der Waals surface area contributed by atoms with Crippen molar-refractivity contribution in [3.63, 3.8) is 0 Å². The van der Waals surface area contributed by atoms with Gasteiger partial charge in [-0.25, -0.2) is 0 Å². The predicted molar refractivity (Wildman–Crippen MR) is 78.2 cm³/mol. The summed E-state index contributed by atoms with van der Waals surface area (Å²) in [5.74, 6) is -0.660. The molecular formula is C14H24O12. The van der Waals surface area contributed by atoms with Crippen LogP contribution in [0.1, 0.15) is 6.92 Å². The van der Waals surface area contributed by atoms with Gasteiger partial charge in [-0.15, -0.1) is 0 Å². The number of carbonyl (C=O) groups excluding carboxylic acids is 1. The second-order valence-corrected chi connectivity index (χ2v) is 6.15. The van der Waals surface area contributed by atoms with Crippen molar-refractivity contribution in [3.8, 4) is 0 Å². The quantitative estimate of drug-likeness (QED) is 0.224. The van der Waals surface area contributed by atoms with Gasteiger partial charge in [-0.1, -0.05) is 0 Å². The van der Waals surface area contributed by atoms with Crippen LogP contribution in [0.25, 0.3) is 0 Å². The summed E-state index contributed by atoms with van der Waals surface area (Å²) < 4.78 is 20.3. The number of aliphatic hydroxyl groups excluding tert-OH is 7. The second kappa shape index (κ2) is 8.84. The van der Waals surface area contributed by atoms with E-state index in [1.807, 2.05) is 0 Å². The van der Waals surface area contributed by atoms with Gasteiger partial charge in [0.15, 0.2) is 12.6 Å². The Labute approximate surface area is 148 Å². The lowest BCUT2D eigenvalue weighted by molar-refractivity contribution is -0.355. The molecule has 26 heavy (non-hydrogen) atoms. The van der Waals surface area contributed by atoms with Crippen LogP contribution in [0.15, 0.2) is 0 Å². The first-order valence-electron chi connectivity index (χ1n) is 7.96. The van der Waals surface area contributed by atoms with Crippen molar-refractivity contribution in [2.75, 3.05) is 13.2 Å². The van der Waals surface area contributed by atoms with Gasteiger partial charge in [-0.05, 0) is 0 Å². The van der Waals surface area contributed by atoms with E-state index >= 15 is 0 Å². The highest BCUT2D eigenvalue weighted by Crippen LogP contribution is 2.28. The molecule has 0 aromatic heterocycles. The van der Waals surface area contributed by atoms with Crippen molar-refractivity contribution in [1.82, 2.24) is 0 Å². The molecule has 12 nitrogen and oxygen atoms in total. The lowest BCUT2D eigenvalue weighted by Gasteiger charge is -2.45. The molecule has 2 aliphatic rings. The van der Waals surface area contributed by atoms with E-state index in [1.54, 1.807) is 0 Å². The molecule has 0 saturated carbocycles. The van der Waals surface area contributed by atoms with Gasteiger partial charge in [0, 0.05) is 6.92 Å². The van der Waals surface area contributed by atoms with Gasteiger partial charge in [0.05, 0.1) is 6.61 Å². The molecule has 10 unspecified atom stereocenters. The van der Waals surface area contributed by atoms with Crippen molar-refractivity contribution >= 4 is 5.97 Å². The SMILES string of the molecule is CC(=O)OCC1OC(OC2C(CO)OC(O)C(O)C2O)C(O)C(O)C1O. The first kappa shape index (κ1) is 21.4. The molecule has 2 rings (SSSR count). The molecule has 7 N–H and O–H groups in total. The predicted octanol–water partition coefficient (Wildman–Crippen LogP) is -4.83. The van der Waals surface area contributed by atoms with E-state index in [9.17, 15) is 40.5 Å². The first-order chi connectivity index (χ1) is 12.2. The molecule has 152 valence electrons. The zero-order valence-corrected chi connectivity index (χ0v) is 13.9. The van der Waals surface area contributed by atoms with Crippen molar-refractivity contribution in [3.05, 3.63) is 0 Å². The lowest BCUT2D eigenvalue weighted by atomic mass is 9.97. The number of rotatable bonds is 5. The van der Waals surface area contributed by atoms with Crippen molar-refractivity contribution < 1.29 is 59.5 Å². The lowest BCUT2D eigenvalue weighted by Crippen LogP contribution is -2.64. The maximum atomic E-state index is 10.9. The largest absolute Gasteiger partial charge is 0.463 e. The number of hydrogen-bond acceptors (Lipinski definition) is 12. The fraction of sp³-hybridized carbons (Fsp3) is 0.929. The fourth-order valence-electron chi connectivity index (χ4n) is 2.76. The summed E-state index contributed by atoms with van der Waals surface area (Å²) in [5.41, 5.74) is 0. The van der Waals surface area contributed by atoms with Gasteiger partial charge >= 0.3 is 5.97 Å². The molecule has 0 aromatic rings. The Bertz CT molecular complexity index is 473. The Morgan fingerprint density at radius 3 is 2.12 bits per heavy atom. The highest BCUT2D eigenvalue weighted by atomic mass is 16.7. The van der Waals surface area contributed by atoms with Crippen LogP contribution in [0, 0.1) is 0 Å². The molecule has 0 bridgehead atoms. The summed E-state index contributed by atoms with van der Waals surface area (Å²) in [6.45, 7) is -0.00621. The molecule has 0 aromatic carbocycles. The molecule has 2 fully saturated rings. The zero-order valence-electron chi connectivity index (χ0n) is 13.9. The summed E-state index contributed by atoms with van der Waals surface area (Å²) in [7, 11) is 0. The van der Waals surface area contributed by atoms with E-state index in [0.29, 0.717) is 0 Å². The van der Waals surface area contributed by atoms with Crippen LogP contribution in [0.4, 0.5) is 0 Å². The molecule has 2 heterocycles. The van der Waals surface area contributed by atoms with Crippen LogP contribution >= 0.6 is 0 Å². The Morgan fingerprint density at radius 2 is 1.54 bits per heavy atom. The average Bonchev–Trinajstić information content (AvgIpc) is 2.60. The third-order valence-electron chi connectivity index (χ3n) is 4.25. The normalized spacial score (nSPS) is 46.8. The van der Waals surface area contributed by atoms with Crippen molar-refractivity contribution in [2.45, 2.75) is 68.3 Å². The van der Waals surface area contributed by atoms with Crippen molar-refractivity contribution in [1.29, 1.82) is 0 Å². The molecule has 0 amide bonds. The molecule has 0 radical (unpaired) electrons. The summed E-state index contributed by atoms with van der Waals surface area (Å²) in [5, 5.41) is 68.4. The van der Waals surface area contributed by atoms with E-state index in [-0.39, 0.29) is 0 Å². The van der Waals surface area contributed by atoms with Gasteiger partial charge < -0.3 is 54.7 Å². The zero-order chi connectivity index (χ0) is 19.6. The van der Waals surface area contributed by atoms with Crippen LogP contribution < -0.4 is 0 Å². The summed E-state index contributed by atoms with van der Waals surface area (Å²) in [6, 6.07) is 0. The van der Waals surface area contributed by atoms with Gasteiger partial charge in [0.1, 0.15) is 55.4 Å². The standard InChI is InChI=1S/C14H24O12/c1-4(16)23-3-6-7(17)8(18)11(21)14(25-6)26-12-5(2-15)24-13(22)10(20)9(12)19/h5-15,17-22H,2-3H2,1H3. The molecule has 2 saturated heterocycles. The van der Waals surface area contributed by atoms with Crippen LogP contribution in [0.3, 0.4) is 0 Å². The number of esters is 1. The van der Waals surface area contributed by atoms with Crippen molar-refractivity contribution in [2.24, 2.45) is 0 Å².